The average molecular weight is 289 g/mol. The van der Waals surface area contributed by atoms with Crippen molar-refractivity contribution in [3.05, 3.63) is 29.5 Å². The minimum Gasteiger partial charge on any atom is -0.494 e. The fourth-order valence-corrected chi connectivity index (χ4v) is 2.45. The number of furan rings is 1. The largest absolute Gasteiger partial charge is 0.494 e. The van der Waals surface area contributed by atoms with Gasteiger partial charge in [0.1, 0.15) is 17.1 Å². The Morgan fingerprint density at radius 3 is 2.67 bits per heavy atom. The van der Waals surface area contributed by atoms with E-state index in [1.54, 1.807) is 0 Å². The Balaban J connectivity index is 2.33. The molecule has 2 aromatic rings. The standard InChI is InChI=1S/C18H27NO2/c1-5-7-15-16-11-14(20-10-6-2)8-9-17(16)21-18(15)12-19-13(3)4/h8-9,11,13,19H,5-7,10,12H2,1-4H3. The number of hydrogen-bond acceptors (Lipinski definition) is 3. The van der Waals surface area contributed by atoms with Gasteiger partial charge >= 0.3 is 0 Å². The Kier molecular flexibility index (Phi) is 5.68. The molecule has 0 amide bonds. The molecule has 0 radical (unpaired) electrons. The second-order valence-electron chi connectivity index (χ2n) is 5.80. The first-order valence-electron chi connectivity index (χ1n) is 8.06. The number of ether oxygens (including phenoxy) is 1. The molecule has 1 aromatic heterocycles. The Morgan fingerprint density at radius 2 is 2.00 bits per heavy atom. The Hall–Kier alpha value is -1.48. The van der Waals surface area contributed by atoms with Gasteiger partial charge in [-0.2, -0.15) is 0 Å². The maximum absolute atomic E-state index is 6.04. The van der Waals surface area contributed by atoms with E-state index in [0.29, 0.717) is 6.04 Å². The number of nitrogens with one attached hydrogen (secondary N) is 1. The highest BCUT2D eigenvalue weighted by molar-refractivity contribution is 5.83. The summed E-state index contributed by atoms with van der Waals surface area (Å²) in [6, 6.07) is 6.60. The molecule has 1 aromatic carbocycles. The molecular formula is C18H27NO2. The number of hydrogen-bond donors (Lipinski definition) is 1. The molecule has 0 spiro atoms. The molecule has 0 saturated carbocycles. The van der Waals surface area contributed by atoms with E-state index in [1.165, 1.54) is 10.9 Å². The fraction of sp³-hybridized carbons (Fsp3) is 0.556. The number of fused-ring (bicyclic) bond motifs is 1. The van der Waals surface area contributed by atoms with Crippen LogP contribution in [0.25, 0.3) is 11.0 Å². The molecule has 1 heterocycles. The van der Waals surface area contributed by atoms with E-state index >= 15 is 0 Å². The summed E-state index contributed by atoms with van der Waals surface area (Å²) in [5.74, 6) is 2.00. The summed E-state index contributed by atoms with van der Waals surface area (Å²) in [4.78, 5) is 0. The Morgan fingerprint density at radius 1 is 1.19 bits per heavy atom. The van der Waals surface area contributed by atoms with Gasteiger partial charge < -0.3 is 14.5 Å². The third-order valence-electron chi connectivity index (χ3n) is 3.49. The second kappa shape index (κ2) is 7.51. The smallest absolute Gasteiger partial charge is 0.134 e. The van der Waals surface area contributed by atoms with Crippen molar-refractivity contribution in [2.45, 2.75) is 59.5 Å². The van der Waals surface area contributed by atoms with Gasteiger partial charge in [0.25, 0.3) is 0 Å². The Bertz CT molecular complexity index is 572. The van der Waals surface area contributed by atoms with Crippen LogP contribution in [0.2, 0.25) is 0 Å². The van der Waals surface area contributed by atoms with E-state index in [-0.39, 0.29) is 0 Å². The highest BCUT2D eigenvalue weighted by Gasteiger charge is 2.14. The molecule has 3 heteroatoms. The summed E-state index contributed by atoms with van der Waals surface area (Å²) < 4.78 is 11.8. The summed E-state index contributed by atoms with van der Waals surface area (Å²) >= 11 is 0. The molecule has 1 N–H and O–H groups in total. The number of benzene rings is 1. The summed E-state index contributed by atoms with van der Waals surface area (Å²) in [7, 11) is 0. The van der Waals surface area contributed by atoms with Gasteiger partial charge in [0.15, 0.2) is 0 Å². The van der Waals surface area contributed by atoms with Gasteiger partial charge in [0, 0.05) is 17.0 Å². The maximum atomic E-state index is 6.04. The van der Waals surface area contributed by atoms with Crippen LogP contribution in [0.4, 0.5) is 0 Å². The van der Waals surface area contributed by atoms with Crippen molar-refractivity contribution in [3.8, 4) is 5.75 Å². The van der Waals surface area contributed by atoms with Crippen LogP contribution in [0, 0.1) is 0 Å². The average Bonchev–Trinajstić information content (AvgIpc) is 2.81. The molecular weight excluding hydrogens is 262 g/mol. The lowest BCUT2D eigenvalue weighted by atomic mass is 10.1. The van der Waals surface area contributed by atoms with E-state index < -0.39 is 0 Å². The van der Waals surface area contributed by atoms with Crippen molar-refractivity contribution >= 4 is 11.0 Å². The van der Waals surface area contributed by atoms with Gasteiger partial charge in [-0.05, 0) is 31.0 Å². The summed E-state index contributed by atoms with van der Waals surface area (Å²) in [5.41, 5.74) is 2.28. The van der Waals surface area contributed by atoms with Crippen LogP contribution in [0.5, 0.6) is 5.75 Å². The van der Waals surface area contributed by atoms with Crippen molar-refractivity contribution in [1.82, 2.24) is 5.32 Å². The lowest BCUT2D eigenvalue weighted by Gasteiger charge is -2.07. The first-order valence-corrected chi connectivity index (χ1v) is 8.06. The molecule has 0 unspecified atom stereocenters. The van der Waals surface area contributed by atoms with E-state index in [4.69, 9.17) is 9.15 Å². The maximum Gasteiger partial charge on any atom is 0.134 e. The highest BCUT2D eigenvalue weighted by atomic mass is 16.5. The van der Waals surface area contributed by atoms with Crippen LogP contribution in [0.15, 0.2) is 22.6 Å². The summed E-state index contributed by atoms with van der Waals surface area (Å²) in [5, 5.41) is 4.65. The van der Waals surface area contributed by atoms with E-state index in [0.717, 1.165) is 49.5 Å². The SMILES string of the molecule is CCCOc1ccc2oc(CNC(C)C)c(CCC)c2c1. The lowest BCUT2D eigenvalue weighted by Crippen LogP contribution is -2.22. The normalized spacial score (nSPS) is 11.5. The first-order chi connectivity index (χ1) is 10.2. The van der Waals surface area contributed by atoms with Gasteiger partial charge in [0.05, 0.1) is 13.2 Å². The fourth-order valence-electron chi connectivity index (χ4n) is 2.45. The van der Waals surface area contributed by atoms with Crippen molar-refractivity contribution in [1.29, 1.82) is 0 Å². The predicted molar refractivity (Wildman–Crippen MR) is 88.0 cm³/mol. The third kappa shape index (κ3) is 4.01. The molecule has 0 aliphatic rings. The van der Waals surface area contributed by atoms with Crippen molar-refractivity contribution in [3.63, 3.8) is 0 Å². The van der Waals surface area contributed by atoms with Crippen LogP contribution >= 0.6 is 0 Å². The zero-order valence-electron chi connectivity index (χ0n) is 13.7. The third-order valence-corrected chi connectivity index (χ3v) is 3.49. The van der Waals surface area contributed by atoms with Crippen molar-refractivity contribution in [2.75, 3.05) is 6.61 Å². The van der Waals surface area contributed by atoms with Gasteiger partial charge in [0.2, 0.25) is 0 Å². The highest BCUT2D eigenvalue weighted by Crippen LogP contribution is 2.30. The van der Waals surface area contributed by atoms with E-state index in [2.05, 4.69) is 39.1 Å². The molecule has 0 atom stereocenters. The van der Waals surface area contributed by atoms with Crippen LogP contribution < -0.4 is 10.1 Å². The van der Waals surface area contributed by atoms with Gasteiger partial charge in [-0.15, -0.1) is 0 Å². The predicted octanol–water partition coefficient (Wildman–Crippen LogP) is 4.67. The van der Waals surface area contributed by atoms with Crippen LogP contribution in [0.3, 0.4) is 0 Å². The quantitative estimate of drug-likeness (QED) is 0.766. The molecule has 0 bridgehead atoms. The number of aryl methyl sites for hydroxylation is 1. The lowest BCUT2D eigenvalue weighted by molar-refractivity contribution is 0.318. The van der Waals surface area contributed by atoms with Crippen LogP contribution in [-0.2, 0) is 13.0 Å². The topological polar surface area (TPSA) is 34.4 Å². The molecule has 21 heavy (non-hydrogen) atoms. The van der Waals surface area contributed by atoms with E-state index in [1.807, 2.05) is 12.1 Å². The second-order valence-corrected chi connectivity index (χ2v) is 5.80. The van der Waals surface area contributed by atoms with Crippen molar-refractivity contribution in [2.24, 2.45) is 0 Å². The van der Waals surface area contributed by atoms with Crippen LogP contribution in [0.1, 0.15) is 51.9 Å². The van der Waals surface area contributed by atoms with Crippen LogP contribution in [-0.4, -0.2) is 12.6 Å². The van der Waals surface area contributed by atoms with Crippen molar-refractivity contribution < 1.29 is 9.15 Å². The van der Waals surface area contributed by atoms with E-state index in [9.17, 15) is 0 Å². The summed E-state index contributed by atoms with van der Waals surface area (Å²) in [6.45, 7) is 10.2. The van der Waals surface area contributed by atoms with Gasteiger partial charge in [-0.3, -0.25) is 0 Å². The molecule has 0 aliphatic carbocycles. The monoisotopic (exact) mass is 289 g/mol. The zero-order chi connectivity index (χ0) is 15.2. The Labute approximate surface area is 127 Å². The van der Waals surface area contributed by atoms with Gasteiger partial charge in [-0.25, -0.2) is 0 Å². The molecule has 116 valence electrons. The molecule has 0 saturated heterocycles. The number of rotatable bonds is 8. The minimum absolute atomic E-state index is 0.455. The molecule has 2 rings (SSSR count). The summed E-state index contributed by atoms with van der Waals surface area (Å²) in [6.07, 6.45) is 3.18. The molecule has 0 fully saturated rings. The molecule has 0 aliphatic heterocycles. The molecule has 3 nitrogen and oxygen atoms in total. The minimum atomic E-state index is 0.455. The van der Waals surface area contributed by atoms with Gasteiger partial charge in [-0.1, -0.05) is 34.1 Å². The first kappa shape index (κ1) is 15.9. The zero-order valence-corrected chi connectivity index (χ0v) is 13.7.